The van der Waals surface area contributed by atoms with E-state index in [1.54, 1.807) is 0 Å². The van der Waals surface area contributed by atoms with E-state index in [0.717, 1.165) is 0 Å². The van der Waals surface area contributed by atoms with Crippen LogP contribution in [0.2, 0.25) is 0 Å². The van der Waals surface area contributed by atoms with Gasteiger partial charge in [0.2, 0.25) is 0 Å². The second-order valence-corrected chi connectivity index (χ2v) is 3.58. The molecule has 0 aromatic rings. The molecular formula is C10H24N2. The molecule has 1 aliphatic rings. The quantitative estimate of drug-likeness (QED) is 0.548. The third-order valence-electron chi connectivity index (χ3n) is 2.54. The highest BCUT2D eigenvalue weighted by Gasteiger charge is 2.23. The van der Waals surface area contributed by atoms with Crippen molar-refractivity contribution in [1.82, 2.24) is 9.80 Å². The lowest BCUT2D eigenvalue weighted by Gasteiger charge is -2.40. The Morgan fingerprint density at radius 2 is 1.25 bits per heavy atom. The predicted molar refractivity (Wildman–Crippen MR) is 55.5 cm³/mol. The topological polar surface area (TPSA) is 6.48 Å². The molecule has 0 N–H and O–H groups in total. The van der Waals surface area contributed by atoms with Crippen LogP contribution in [0.1, 0.15) is 27.7 Å². The van der Waals surface area contributed by atoms with Crippen LogP contribution in [-0.2, 0) is 0 Å². The van der Waals surface area contributed by atoms with Crippen molar-refractivity contribution in [2.24, 2.45) is 0 Å². The maximum absolute atomic E-state index is 2.44. The lowest BCUT2D eigenvalue weighted by atomic mass is 10.1. The zero-order valence-electron chi connectivity index (χ0n) is 9.46. The molecule has 0 saturated carbocycles. The largest absolute Gasteiger partial charge is 0.303 e. The molecule has 0 aliphatic carbocycles. The molecule has 0 radical (unpaired) electrons. The van der Waals surface area contributed by atoms with Crippen LogP contribution in [0.15, 0.2) is 0 Å². The van der Waals surface area contributed by atoms with Crippen LogP contribution < -0.4 is 0 Å². The smallest absolute Gasteiger partial charge is 0.0195 e. The summed E-state index contributed by atoms with van der Waals surface area (Å²) in [5.41, 5.74) is 0. The minimum Gasteiger partial charge on any atom is -0.303 e. The maximum atomic E-state index is 2.44. The van der Waals surface area contributed by atoms with Gasteiger partial charge in [-0.2, -0.15) is 0 Å². The van der Waals surface area contributed by atoms with Gasteiger partial charge in [0.15, 0.2) is 0 Å². The Hall–Kier alpha value is -0.0800. The van der Waals surface area contributed by atoms with Gasteiger partial charge in [-0.1, -0.05) is 13.8 Å². The minimum atomic E-state index is 0.716. The summed E-state index contributed by atoms with van der Waals surface area (Å²) >= 11 is 0. The molecule has 12 heavy (non-hydrogen) atoms. The van der Waals surface area contributed by atoms with Gasteiger partial charge < -0.3 is 4.90 Å². The monoisotopic (exact) mass is 172 g/mol. The van der Waals surface area contributed by atoms with Crippen LogP contribution in [-0.4, -0.2) is 49.1 Å². The minimum absolute atomic E-state index is 0.716. The van der Waals surface area contributed by atoms with Gasteiger partial charge in [0.05, 0.1) is 0 Å². The number of likely N-dealkylation sites (N-methyl/N-ethyl adjacent to an activating group) is 2. The summed E-state index contributed by atoms with van der Waals surface area (Å²) in [6.45, 7) is 11.0. The van der Waals surface area contributed by atoms with Gasteiger partial charge in [0, 0.05) is 25.2 Å². The molecular weight excluding hydrogens is 148 g/mol. The molecule has 1 aliphatic heterocycles. The summed E-state index contributed by atoms with van der Waals surface area (Å²) in [6, 6.07) is 1.43. The number of nitrogens with zero attached hydrogens (tertiary/aromatic N) is 2. The molecule has 0 bridgehead atoms. The number of rotatable bonds is 0. The van der Waals surface area contributed by atoms with Gasteiger partial charge in [-0.25, -0.2) is 0 Å². The van der Waals surface area contributed by atoms with Crippen molar-refractivity contribution in [3.63, 3.8) is 0 Å². The second kappa shape index (κ2) is 5.55. The molecule has 0 amide bonds. The molecule has 2 nitrogen and oxygen atoms in total. The fourth-order valence-corrected chi connectivity index (χ4v) is 1.67. The van der Waals surface area contributed by atoms with E-state index in [0.29, 0.717) is 12.1 Å². The Morgan fingerprint density at radius 1 is 0.917 bits per heavy atom. The van der Waals surface area contributed by atoms with Crippen LogP contribution in [0.3, 0.4) is 0 Å². The SMILES string of the molecule is CC.CC1CN(C)CC(C)N1C. The Kier molecular flexibility index (Phi) is 5.51. The standard InChI is InChI=1S/C8H18N2.C2H6/c1-7-5-9(3)6-8(2)10(7)4;1-2/h7-8H,5-6H2,1-4H3;1-2H3. The maximum Gasteiger partial charge on any atom is 0.0195 e. The molecule has 1 saturated heterocycles. The Balaban J connectivity index is 0.000000561. The summed E-state index contributed by atoms with van der Waals surface area (Å²) in [7, 11) is 4.41. The summed E-state index contributed by atoms with van der Waals surface area (Å²) in [5, 5.41) is 0. The first-order valence-electron chi connectivity index (χ1n) is 5.01. The van der Waals surface area contributed by atoms with Crippen LogP contribution in [0.25, 0.3) is 0 Å². The van der Waals surface area contributed by atoms with Crippen molar-refractivity contribution in [3.8, 4) is 0 Å². The Labute approximate surface area is 77.5 Å². The highest BCUT2D eigenvalue weighted by molar-refractivity contribution is 4.80. The van der Waals surface area contributed by atoms with E-state index in [2.05, 4.69) is 37.7 Å². The Morgan fingerprint density at radius 3 is 1.58 bits per heavy atom. The first kappa shape index (κ1) is 11.9. The molecule has 1 rings (SSSR count). The molecule has 2 heteroatoms. The van der Waals surface area contributed by atoms with E-state index in [-0.39, 0.29) is 0 Å². The van der Waals surface area contributed by atoms with E-state index in [1.807, 2.05) is 13.8 Å². The zero-order valence-corrected chi connectivity index (χ0v) is 9.46. The van der Waals surface area contributed by atoms with Crippen molar-refractivity contribution in [2.45, 2.75) is 39.8 Å². The fourth-order valence-electron chi connectivity index (χ4n) is 1.67. The molecule has 0 aromatic carbocycles. The van der Waals surface area contributed by atoms with Crippen LogP contribution in [0.5, 0.6) is 0 Å². The molecule has 1 fully saturated rings. The summed E-state index contributed by atoms with van der Waals surface area (Å²) in [5.74, 6) is 0. The van der Waals surface area contributed by atoms with E-state index in [9.17, 15) is 0 Å². The zero-order chi connectivity index (χ0) is 9.72. The molecule has 1 heterocycles. The highest BCUT2D eigenvalue weighted by atomic mass is 15.3. The Bertz CT molecular complexity index is 102. The molecule has 0 spiro atoms. The summed E-state index contributed by atoms with van der Waals surface area (Å²) in [6.07, 6.45) is 0. The first-order chi connectivity index (χ1) is 5.61. The lowest BCUT2D eigenvalue weighted by molar-refractivity contribution is 0.0761. The van der Waals surface area contributed by atoms with E-state index < -0.39 is 0 Å². The summed E-state index contributed by atoms with van der Waals surface area (Å²) in [4.78, 5) is 4.84. The highest BCUT2D eigenvalue weighted by Crippen LogP contribution is 2.10. The molecule has 0 aromatic heterocycles. The average molecular weight is 172 g/mol. The van der Waals surface area contributed by atoms with E-state index in [4.69, 9.17) is 0 Å². The van der Waals surface area contributed by atoms with Crippen molar-refractivity contribution in [3.05, 3.63) is 0 Å². The van der Waals surface area contributed by atoms with Gasteiger partial charge in [-0.05, 0) is 27.9 Å². The third kappa shape index (κ3) is 3.11. The predicted octanol–water partition coefficient (Wildman–Crippen LogP) is 1.67. The second-order valence-electron chi connectivity index (χ2n) is 3.58. The number of hydrogen-bond donors (Lipinski definition) is 0. The fraction of sp³-hybridized carbons (Fsp3) is 1.00. The van der Waals surface area contributed by atoms with Crippen molar-refractivity contribution in [2.75, 3.05) is 27.2 Å². The average Bonchev–Trinajstić information content (AvgIpc) is 2.04. The van der Waals surface area contributed by atoms with Gasteiger partial charge in [0.1, 0.15) is 0 Å². The van der Waals surface area contributed by atoms with Gasteiger partial charge in [-0.3, -0.25) is 4.90 Å². The molecule has 2 atom stereocenters. The van der Waals surface area contributed by atoms with Crippen LogP contribution >= 0.6 is 0 Å². The van der Waals surface area contributed by atoms with Crippen LogP contribution in [0.4, 0.5) is 0 Å². The van der Waals surface area contributed by atoms with E-state index >= 15 is 0 Å². The molecule has 2 unspecified atom stereocenters. The summed E-state index contributed by atoms with van der Waals surface area (Å²) < 4.78 is 0. The number of piperazine rings is 1. The van der Waals surface area contributed by atoms with E-state index in [1.165, 1.54) is 13.1 Å². The number of hydrogen-bond acceptors (Lipinski definition) is 2. The van der Waals surface area contributed by atoms with Crippen molar-refractivity contribution >= 4 is 0 Å². The van der Waals surface area contributed by atoms with Crippen molar-refractivity contribution < 1.29 is 0 Å². The molecule has 74 valence electrons. The van der Waals surface area contributed by atoms with Gasteiger partial charge in [0.25, 0.3) is 0 Å². The normalized spacial score (nSPS) is 32.5. The van der Waals surface area contributed by atoms with Crippen LogP contribution in [0, 0.1) is 0 Å². The third-order valence-corrected chi connectivity index (χ3v) is 2.54. The van der Waals surface area contributed by atoms with Gasteiger partial charge in [-0.15, -0.1) is 0 Å². The van der Waals surface area contributed by atoms with Gasteiger partial charge >= 0.3 is 0 Å². The van der Waals surface area contributed by atoms with Crippen molar-refractivity contribution in [1.29, 1.82) is 0 Å². The lowest BCUT2D eigenvalue weighted by Crippen LogP contribution is -2.53. The first-order valence-corrected chi connectivity index (χ1v) is 5.01.